The summed E-state index contributed by atoms with van der Waals surface area (Å²) in [5.74, 6) is 6.18. The highest BCUT2D eigenvalue weighted by molar-refractivity contribution is 9.11. The van der Waals surface area contributed by atoms with Gasteiger partial charge in [-0.1, -0.05) is 35.2 Å². The molecule has 1 aromatic carbocycles. The van der Waals surface area contributed by atoms with E-state index < -0.39 is 0 Å². The molecule has 0 aromatic heterocycles. The minimum absolute atomic E-state index is 0.357. The van der Waals surface area contributed by atoms with Gasteiger partial charge in [0.25, 0.3) is 0 Å². The highest BCUT2D eigenvalue weighted by atomic mass is 79.9. The first kappa shape index (κ1) is 16.3. The zero-order valence-electron chi connectivity index (χ0n) is 10.9. The predicted octanol–water partition coefficient (Wildman–Crippen LogP) is 4.54. The van der Waals surface area contributed by atoms with Crippen LogP contribution in [0.4, 0.5) is 5.69 Å². The number of anilines is 1. The topological polar surface area (TPSA) is 62.4 Å². The summed E-state index contributed by atoms with van der Waals surface area (Å²) in [6.45, 7) is 0. The molecule has 1 saturated carbocycles. The zero-order valence-corrected chi connectivity index (χ0v) is 15.7. The second-order valence-corrected chi connectivity index (χ2v) is 7.41. The summed E-state index contributed by atoms with van der Waals surface area (Å²) < 4.78 is 2.86. The van der Waals surface area contributed by atoms with Crippen LogP contribution < -0.4 is 16.6 Å². The van der Waals surface area contributed by atoms with Crippen LogP contribution in [0.15, 0.2) is 30.5 Å². The quantitative estimate of drug-likeness (QED) is 0.258. The molecule has 1 aliphatic carbocycles. The third-order valence-electron chi connectivity index (χ3n) is 3.27. The SMILES string of the molecule is NNC(=NC1CCCCC1)Nc1c(Br)cc(Br)cc1Br. The van der Waals surface area contributed by atoms with E-state index in [0.717, 1.165) is 31.9 Å². The lowest BCUT2D eigenvalue weighted by Gasteiger charge is -2.20. The fourth-order valence-corrected chi connectivity index (χ4v) is 4.74. The van der Waals surface area contributed by atoms with E-state index in [2.05, 4.69) is 63.5 Å². The van der Waals surface area contributed by atoms with E-state index in [0.29, 0.717) is 12.0 Å². The van der Waals surface area contributed by atoms with Crippen LogP contribution in [0.1, 0.15) is 32.1 Å². The van der Waals surface area contributed by atoms with Crippen LogP contribution in [0.5, 0.6) is 0 Å². The van der Waals surface area contributed by atoms with Gasteiger partial charge in [-0.15, -0.1) is 0 Å². The molecule has 0 atom stereocenters. The van der Waals surface area contributed by atoms with Crippen molar-refractivity contribution in [1.29, 1.82) is 0 Å². The molecule has 2 rings (SSSR count). The van der Waals surface area contributed by atoms with Crippen molar-refractivity contribution in [1.82, 2.24) is 5.43 Å². The molecule has 0 aliphatic heterocycles. The number of nitrogens with zero attached hydrogens (tertiary/aromatic N) is 1. The lowest BCUT2D eigenvalue weighted by Crippen LogP contribution is -2.37. The highest BCUT2D eigenvalue weighted by Gasteiger charge is 2.14. The molecule has 0 unspecified atom stereocenters. The predicted molar refractivity (Wildman–Crippen MR) is 94.8 cm³/mol. The summed E-state index contributed by atoms with van der Waals surface area (Å²) in [7, 11) is 0. The number of halogens is 3. The van der Waals surface area contributed by atoms with Gasteiger partial charge in [0, 0.05) is 13.4 Å². The fraction of sp³-hybridized carbons (Fsp3) is 0.462. The molecule has 4 nitrogen and oxygen atoms in total. The number of rotatable bonds is 2. The fourth-order valence-electron chi connectivity index (χ4n) is 2.28. The first-order valence-corrected chi connectivity index (χ1v) is 8.94. The molecular formula is C13H17Br3N4. The van der Waals surface area contributed by atoms with Crippen molar-refractivity contribution in [3.63, 3.8) is 0 Å². The molecule has 7 heteroatoms. The van der Waals surface area contributed by atoms with Gasteiger partial charge in [0.05, 0.1) is 11.7 Å². The molecule has 0 saturated heterocycles. The molecule has 0 bridgehead atoms. The number of benzene rings is 1. The Balaban J connectivity index is 2.15. The Hall–Kier alpha value is -0.110. The van der Waals surface area contributed by atoms with Crippen LogP contribution in [0, 0.1) is 0 Å². The number of hydrogen-bond donors (Lipinski definition) is 3. The Labute approximate surface area is 144 Å². The number of aliphatic imine (C=N–C) groups is 1. The number of hydrazine groups is 1. The summed E-state index contributed by atoms with van der Waals surface area (Å²) in [4.78, 5) is 4.67. The monoisotopic (exact) mass is 466 g/mol. The van der Waals surface area contributed by atoms with E-state index in [9.17, 15) is 0 Å². The lowest BCUT2D eigenvalue weighted by atomic mass is 9.96. The summed E-state index contributed by atoms with van der Waals surface area (Å²) in [5, 5.41) is 3.24. The molecule has 0 spiro atoms. The van der Waals surface area contributed by atoms with E-state index >= 15 is 0 Å². The van der Waals surface area contributed by atoms with Gasteiger partial charge < -0.3 is 5.32 Å². The third-order valence-corrected chi connectivity index (χ3v) is 4.98. The average Bonchev–Trinajstić information content (AvgIpc) is 2.42. The largest absolute Gasteiger partial charge is 0.323 e. The number of nitrogens with one attached hydrogen (secondary N) is 2. The van der Waals surface area contributed by atoms with Gasteiger partial charge >= 0.3 is 0 Å². The molecule has 110 valence electrons. The molecular weight excluding hydrogens is 452 g/mol. The Morgan fingerprint density at radius 2 is 1.70 bits per heavy atom. The van der Waals surface area contributed by atoms with Crippen molar-refractivity contribution in [2.75, 3.05) is 5.32 Å². The standard InChI is InChI=1S/C13H17Br3N4/c14-8-6-10(15)12(11(16)7-8)19-13(20-17)18-9-4-2-1-3-5-9/h6-7,9H,1-5,17H2,(H2,18,19,20). The van der Waals surface area contributed by atoms with Gasteiger partial charge in [-0.2, -0.15) is 0 Å². The molecule has 20 heavy (non-hydrogen) atoms. The maximum atomic E-state index is 5.58. The Bertz CT molecular complexity index is 475. The zero-order chi connectivity index (χ0) is 14.5. The van der Waals surface area contributed by atoms with Crippen molar-refractivity contribution < 1.29 is 0 Å². The molecule has 1 fully saturated rings. The van der Waals surface area contributed by atoms with Crippen molar-refractivity contribution in [2.45, 2.75) is 38.1 Å². The van der Waals surface area contributed by atoms with E-state index in [4.69, 9.17) is 5.84 Å². The third kappa shape index (κ3) is 4.44. The van der Waals surface area contributed by atoms with Gasteiger partial charge in [0.1, 0.15) is 0 Å². The lowest BCUT2D eigenvalue weighted by molar-refractivity contribution is 0.442. The minimum Gasteiger partial charge on any atom is -0.323 e. The number of hydrogen-bond acceptors (Lipinski definition) is 2. The van der Waals surface area contributed by atoms with E-state index in [1.54, 1.807) is 0 Å². The van der Waals surface area contributed by atoms with Crippen molar-refractivity contribution in [2.24, 2.45) is 10.8 Å². The summed E-state index contributed by atoms with van der Waals surface area (Å²) in [6, 6.07) is 4.30. The summed E-state index contributed by atoms with van der Waals surface area (Å²) in [6.07, 6.45) is 6.08. The Morgan fingerprint density at radius 1 is 1.10 bits per heavy atom. The van der Waals surface area contributed by atoms with Crippen molar-refractivity contribution >= 4 is 59.4 Å². The van der Waals surface area contributed by atoms with Crippen LogP contribution in [-0.4, -0.2) is 12.0 Å². The first-order chi connectivity index (χ1) is 9.60. The molecule has 0 heterocycles. The second-order valence-electron chi connectivity index (χ2n) is 4.78. The van der Waals surface area contributed by atoms with E-state index in [1.807, 2.05) is 12.1 Å². The maximum absolute atomic E-state index is 5.58. The second kappa shape index (κ2) is 7.77. The van der Waals surface area contributed by atoms with Crippen molar-refractivity contribution in [3.8, 4) is 0 Å². The molecule has 0 amide bonds. The van der Waals surface area contributed by atoms with Gasteiger partial charge in [0.2, 0.25) is 5.96 Å². The van der Waals surface area contributed by atoms with Crippen LogP contribution in [-0.2, 0) is 0 Å². The number of guanidine groups is 1. The molecule has 4 N–H and O–H groups in total. The Morgan fingerprint density at radius 3 is 2.25 bits per heavy atom. The highest BCUT2D eigenvalue weighted by Crippen LogP contribution is 2.34. The van der Waals surface area contributed by atoms with Crippen LogP contribution in [0.3, 0.4) is 0 Å². The van der Waals surface area contributed by atoms with Gasteiger partial charge in [-0.05, 0) is 56.8 Å². The molecule has 0 radical (unpaired) electrons. The van der Waals surface area contributed by atoms with Gasteiger partial charge in [0.15, 0.2) is 0 Å². The van der Waals surface area contributed by atoms with E-state index in [1.165, 1.54) is 19.3 Å². The van der Waals surface area contributed by atoms with Crippen LogP contribution >= 0.6 is 47.8 Å². The normalized spacial score (nSPS) is 17.1. The summed E-state index contributed by atoms with van der Waals surface area (Å²) in [5.41, 5.74) is 3.56. The van der Waals surface area contributed by atoms with Crippen LogP contribution in [0.25, 0.3) is 0 Å². The Kier molecular flexibility index (Phi) is 6.32. The smallest absolute Gasteiger partial charge is 0.210 e. The minimum atomic E-state index is 0.357. The van der Waals surface area contributed by atoms with Gasteiger partial charge in [-0.25, -0.2) is 10.8 Å². The average molecular weight is 469 g/mol. The van der Waals surface area contributed by atoms with Crippen molar-refractivity contribution in [3.05, 3.63) is 25.6 Å². The molecule has 1 aromatic rings. The molecule has 1 aliphatic rings. The van der Waals surface area contributed by atoms with Gasteiger partial charge in [-0.3, -0.25) is 5.43 Å². The first-order valence-electron chi connectivity index (χ1n) is 6.56. The van der Waals surface area contributed by atoms with Crippen LogP contribution in [0.2, 0.25) is 0 Å². The van der Waals surface area contributed by atoms with E-state index in [-0.39, 0.29) is 0 Å². The maximum Gasteiger partial charge on any atom is 0.210 e. The number of nitrogens with two attached hydrogens (primary N) is 1. The summed E-state index contributed by atoms with van der Waals surface area (Å²) >= 11 is 10.5.